The molecule has 4 nitrogen and oxygen atoms in total. The van der Waals surface area contributed by atoms with Crippen LogP contribution in [0.25, 0.3) is 0 Å². The number of rotatable bonds is 7. The number of halogens is 3. The molecule has 0 aromatic heterocycles. The van der Waals surface area contributed by atoms with Gasteiger partial charge in [-0.3, -0.25) is 9.59 Å². The van der Waals surface area contributed by atoms with Gasteiger partial charge in [0.05, 0.1) is 5.92 Å². The summed E-state index contributed by atoms with van der Waals surface area (Å²) in [5.74, 6) is -3.99. The molecule has 0 heterocycles. The highest BCUT2D eigenvalue weighted by Crippen LogP contribution is 2.37. The SMILES string of the molecule is CCCN(CC(=O)O)C(=O)CC(c1ccccc1)C(F)(F)F. The van der Waals surface area contributed by atoms with E-state index < -0.39 is 36.9 Å². The van der Waals surface area contributed by atoms with Gasteiger partial charge in [0.1, 0.15) is 6.54 Å². The molecule has 1 rings (SSSR count). The van der Waals surface area contributed by atoms with Crippen LogP contribution in [0.2, 0.25) is 0 Å². The van der Waals surface area contributed by atoms with Crippen molar-refractivity contribution < 1.29 is 27.9 Å². The lowest BCUT2D eigenvalue weighted by molar-refractivity contribution is -0.161. The van der Waals surface area contributed by atoms with Crippen molar-refractivity contribution in [2.45, 2.75) is 31.9 Å². The summed E-state index contributed by atoms with van der Waals surface area (Å²) in [6.07, 6.45) is -4.89. The third kappa shape index (κ3) is 5.38. The minimum Gasteiger partial charge on any atom is -0.480 e. The number of carbonyl (C=O) groups excluding carboxylic acids is 1. The van der Waals surface area contributed by atoms with Crippen molar-refractivity contribution in [2.75, 3.05) is 13.1 Å². The minimum atomic E-state index is -4.57. The third-order valence-corrected chi connectivity index (χ3v) is 3.15. The summed E-state index contributed by atoms with van der Waals surface area (Å²) < 4.78 is 39.6. The zero-order chi connectivity index (χ0) is 16.8. The lowest BCUT2D eigenvalue weighted by atomic mass is 9.94. The molecule has 0 saturated heterocycles. The maximum Gasteiger partial charge on any atom is 0.396 e. The molecular formula is C15H18F3NO3. The number of nitrogens with zero attached hydrogens (tertiary/aromatic N) is 1. The second-order valence-corrected chi connectivity index (χ2v) is 4.92. The van der Waals surface area contributed by atoms with Crippen LogP contribution in [0.1, 0.15) is 31.2 Å². The number of hydrogen-bond donors (Lipinski definition) is 1. The Hall–Kier alpha value is -2.05. The summed E-state index contributed by atoms with van der Waals surface area (Å²) in [6.45, 7) is 1.25. The zero-order valence-electron chi connectivity index (χ0n) is 12.1. The predicted molar refractivity (Wildman–Crippen MR) is 74.4 cm³/mol. The molecule has 7 heteroatoms. The molecule has 0 bridgehead atoms. The van der Waals surface area contributed by atoms with Gasteiger partial charge in [-0.2, -0.15) is 13.2 Å². The Bertz CT molecular complexity index is 503. The van der Waals surface area contributed by atoms with E-state index in [0.29, 0.717) is 6.42 Å². The molecule has 0 spiro atoms. The summed E-state index contributed by atoms with van der Waals surface area (Å²) in [6, 6.07) is 7.16. The molecule has 0 fully saturated rings. The number of aliphatic carboxylic acids is 1. The maximum absolute atomic E-state index is 13.2. The predicted octanol–water partition coefficient (Wildman–Crippen LogP) is 3.05. The molecule has 1 aromatic rings. The molecular weight excluding hydrogens is 299 g/mol. The van der Waals surface area contributed by atoms with Crippen LogP contribution in [0.4, 0.5) is 13.2 Å². The number of amides is 1. The molecule has 0 saturated carbocycles. The van der Waals surface area contributed by atoms with Gasteiger partial charge in [-0.1, -0.05) is 37.3 Å². The van der Waals surface area contributed by atoms with Crippen LogP contribution in [-0.4, -0.2) is 41.1 Å². The van der Waals surface area contributed by atoms with Crippen LogP contribution in [0, 0.1) is 0 Å². The van der Waals surface area contributed by atoms with Gasteiger partial charge in [0.2, 0.25) is 5.91 Å². The highest BCUT2D eigenvalue weighted by atomic mass is 19.4. The number of carboxylic acid groups (broad SMARTS) is 1. The number of carboxylic acids is 1. The maximum atomic E-state index is 13.2. The highest BCUT2D eigenvalue weighted by molar-refractivity contribution is 5.82. The summed E-state index contributed by atoms with van der Waals surface area (Å²) >= 11 is 0. The van der Waals surface area contributed by atoms with E-state index in [0.717, 1.165) is 4.90 Å². The summed E-state index contributed by atoms with van der Waals surface area (Å²) in [4.78, 5) is 23.7. The monoisotopic (exact) mass is 317 g/mol. The summed E-state index contributed by atoms with van der Waals surface area (Å²) in [5.41, 5.74) is -0.00452. The molecule has 1 atom stereocenters. The fourth-order valence-electron chi connectivity index (χ4n) is 2.14. The number of hydrogen-bond acceptors (Lipinski definition) is 2. The summed E-state index contributed by atoms with van der Waals surface area (Å²) in [5, 5.41) is 8.75. The van der Waals surface area contributed by atoms with E-state index in [-0.39, 0.29) is 12.1 Å². The van der Waals surface area contributed by atoms with Crippen LogP contribution in [0.3, 0.4) is 0 Å². The zero-order valence-corrected chi connectivity index (χ0v) is 12.1. The van der Waals surface area contributed by atoms with E-state index in [9.17, 15) is 22.8 Å². The molecule has 0 aliphatic rings. The third-order valence-electron chi connectivity index (χ3n) is 3.15. The average Bonchev–Trinajstić information content (AvgIpc) is 2.43. The van der Waals surface area contributed by atoms with E-state index in [4.69, 9.17) is 5.11 Å². The van der Waals surface area contributed by atoms with Crippen LogP contribution in [-0.2, 0) is 9.59 Å². The Morgan fingerprint density at radius 1 is 1.23 bits per heavy atom. The Morgan fingerprint density at radius 3 is 2.27 bits per heavy atom. The van der Waals surface area contributed by atoms with Gasteiger partial charge in [0.15, 0.2) is 0 Å². The molecule has 1 aromatic carbocycles. The van der Waals surface area contributed by atoms with Gasteiger partial charge in [-0.15, -0.1) is 0 Å². The molecule has 1 amide bonds. The molecule has 122 valence electrons. The fraction of sp³-hybridized carbons (Fsp3) is 0.467. The first-order chi connectivity index (χ1) is 10.3. The van der Waals surface area contributed by atoms with Crippen molar-refractivity contribution in [2.24, 2.45) is 0 Å². The Kier molecular flexibility index (Phi) is 6.39. The Labute approximate surface area is 126 Å². The van der Waals surface area contributed by atoms with Crippen molar-refractivity contribution >= 4 is 11.9 Å². The largest absolute Gasteiger partial charge is 0.480 e. The lowest BCUT2D eigenvalue weighted by Crippen LogP contribution is -2.38. The fourth-order valence-corrected chi connectivity index (χ4v) is 2.14. The molecule has 0 aliphatic heterocycles. The van der Waals surface area contributed by atoms with Crippen molar-refractivity contribution in [3.8, 4) is 0 Å². The van der Waals surface area contributed by atoms with E-state index in [1.807, 2.05) is 0 Å². The van der Waals surface area contributed by atoms with Gasteiger partial charge >= 0.3 is 12.1 Å². The van der Waals surface area contributed by atoms with Crippen molar-refractivity contribution in [3.05, 3.63) is 35.9 Å². The first kappa shape index (κ1) is 18.0. The Morgan fingerprint density at radius 2 is 1.82 bits per heavy atom. The first-order valence-electron chi connectivity index (χ1n) is 6.87. The number of benzene rings is 1. The van der Waals surface area contributed by atoms with E-state index >= 15 is 0 Å². The number of carbonyl (C=O) groups is 2. The van der Waals surface area contributed by atoms with Gasteiger partial charge in [-0.05, 0) is 12.0 Å². The van der Waals surface area contributed by atoms with Crippen molar-refractivity contribution in [3.63, 3.8) is 0 Å². The highest BCUT2D eigenvalue weighted by Gasteiger charge is 2.42. The van der Waals surface area contributed by atoms with E-state index in [2.05, 4.69) is 0 Å². The quantitative estimate of drug-likeness (QED) is 0.841. The van der Waals surface area contributed by atoms with Gasteiger partial charge in [0.25, 0.3) is 0 Å². The van der Waals surface area contributed by atoms with Crippen molar-refractivity contribution in [1.82, 2.24) is 4.90 Å². The molecule has 0 aliphatic carbocycles. The van der Waals surface area contributed by atoms with Crippen LogP contribution < -0.4 is 0 Å². The van der Waals surface area contributed by atoms with E-state index in [1.54, 1.807) is 13.0 Å². The van der Waals surface area contributed by atoms with Crippen LogP contribution in [0.15, 0.2) is 30.3 Å². The first-order valence-corrected chi connectivity index (χ1v) is 6.87. The standard InChI is InChI=1S/C15H18F3NO3/c1-2-8-19(10-14(21)22)13(20)9-12(15(16,17)18)11-6-4-3-5-7-11/h3-7,12H,2,8-10H2,1H3,(H,21,22). The molecule has 0 radical (unpaired) electrons. The normalized spacial score (nSPS) is 12.7. The second-order valence-electron chi connectivity index (χ2n) is 4.92. The molecule has 1 unspecified atom stereocenters. The van der Waals surface area contributed by atoms with Crippen molar-refractivity contribution in [1.29, 1.82) is 0 Å². The smallest absolute Gasteiger partial charge is 0.396 e. The summed E-state index contributed by atoms with van der Waals surface area (Å²) in [7, 11) is 0. The average molecular weight is 317 g/mol. The van der Waals surface area contributed by atoms with Gasteiger partial charge in [-0.25, -0.2) is 0 Å². The number of alkyl halides is 3. The minimum absolute atomic E-state index is 0.00452. The van der Waals surface area contributed by atoms with Crippen LogP contribution >= 0.6 is 0 Å². The van der Waals surface area contributed by atoms with Gasteiger partial charge in [0, 0.05) is 13.0 Å². The van der Waals surface area contributed by atoms with E-state index in [1.165, 1.54) is 24.3 Å². The molecule has 22 heavy (non-hydrogen) atoms. The van der Waals surface area contributed by atoms with Gasteiger partial charge < -0.3 is 10.0 Å². The molecule has 1 N–H and O–H groups in total. The topological polar surface area (TPSA) is 57.6 Å². The second kappa shape index (κ2) is 7.82. The lowest BCUT2D eigenvalue weighted by Gasteiger charge is -2.25. The van der Waals surface area contributed by atoms with Crippen LogP contribution in [0.5, 0.6) is 0 Å². The Balaban J connectivity index is 2.93.